The summed E-state index contributed by atoms with van der Waals surface area (Å²) in [5, 5.41) is 20.1. The molecule has 0 bridgehead atoms. The third-order valence-corrected chi connectivity index (χ3v) is 8.00. The second-order valence-corrected chi connectivity index (χ2v) is 10.7. The van der Waals surface area contributed by atoms with E-state index >= 15 is 0 Å². The fourth-order valence-corrected chi connectivity index (χ4v) is 6.22. The summed E-state index contributed by atoms with van der Waals surface area (Å²) in [5.41, 5.74) is 2.64. The second kappa shape index (κ2) is 9.06. The van der Waals surface area contributed by atoms with Gasteiger partial charge in [0.1, 0.15) is 5.67 Å². The molecule has 1 unspecified atom stereocenters. The first-order valence-corrected chi connectivity index (χ1v) is 11.7. The summed E-state index contributed by atoms with van der Waals surface area (Å²) in [6, 6.07) is 0. The second-order valence-electron chi connectivity index (χ2n) is 10.7. The molecular weight excluding hydrogens is 363 g/mol. The summed E-state index contributed by atoms with van der Waals surface area (Å²) < 4.78 is 13.7. The number of hydrogen-bond donors (Lipinski definition) is 2. The highest BCUT2D eigenvalue weighted by molar-refractivity contribution is 5.38. The van der Waals surface area contributed by atoms with Crippen molar-refractivity contribution in [3.8, 4) is 0 Å². The average Bonchev–Trinajstić information content (AvgIpc) is 2.96. The Bertz CT molecular complexity index is 656. The first-order chi connectivity index (χ1) is 13.6. The number of aliphatic hydroxyl groups excluding tert-OH is 2. The van der Waals surface area contributed by atoms with Crippen LogP contribution in [0.15, 0.2) is 35.5 Å². The van der Waals surface area contributed by atoms with E-state index in [9.17, 15) is 14.6 Å². The normalized spacial score (nSPS) is 38.6. The Kier molecular flexibility index (Phi) is 7.10. The van der Waals surface area contributed by atoms with Crippen molar-refractivity contribution in [2.75, 3.05) is 0 Å². The van der Waals surface area contributed by atoms with Crippen molar-refractivity contribution in [1.82, 2.24) is 0 Å². The van der Waals surface area contributed by atoms with Crippen LogP contribution in [-0.2, 0) is 0 Å². The minimum Gasteiger partial charge on any atom is -0.393 e. The molecule has 0 amide bonds. The van der Waals surface area contributed by atoms with Gasteiger partial charge in [0.15, 0.2) is 0 Å². The van der Waals surface area contributed by atoms with Gasteiger partial charge in [0, 0.05) is 6.42 Å². The molecule has 3 saturated carbocycles. The SMILES string of the molecule is C=C1/C(=C\C=C2/CCC[C@]3(C)C(CCCCC(C)(C)F)CC[C@@H]23)C[C@H](O)C[C@@H]1O. The number of rotatable bonds is 6. The van der Waals surface area contributed by atoms with Gasteiger partial charge in [-0.1, -0.05) is 44.1 Å². The molecule has 164 valence electrons. The van der Waals surface area contributed by atoms with Crippen LogP contribution in [0.1, 0.15) is 91.4 Å². The van der Waals surface area contributed by atoms with Gasteiger partial charge in [-0.2, -0.15) is 0 Å². The van der Waals surface area contributed by atoms with E-state index in [1.807, 2.05) is 0 Å². The Labute approximate surface area is 177 Å². The average molecular weight is 405 g/mol. The summed E-state index contributed by atoms with van der Waals surface area (Å²) in [4.78, 5) is 0. The summed E-state index contributed by atoms with van der Waals surface area (Å²) in [7, 11) is 0. The van der Waals surface area contributed by atoms with Crippen LogP contribution >= 0.6 is 0 Å². The number of alkyl halides is 1. The number of hydrogen-bond acceptors (Lipinski definition) is 2. The molecule has 0 radical (unpaired) electrons. The van der Waals surface area contributed by atoms with Gasteiger partial charge >= 0.3 is 0 Å². The number of unbranched alkanes of at least 4 members (excludes halogenated alkanes) is 1. The van der Waals surface area contributed by atoms with Gasteiger partial charge in [-0.05, 0) is 93.6 Å². The lowest BCUT2D eigenvalue weighted by molar-refractivity contribution is 0.0862. The summed E-state index contributed by atoms with van der Waals surface area (Å²) in [6.45, 7) is 9.90. The minimum atomic E-state index is -1.04. The fraction of sp³-hybridized carbons (Fsp3) is 0.769. The molecular formula is C26H41FO2. The van der Waals surface area contributed by atoms with Crippen molar-refractivity contribution < 1.29 is 14.6 Å². The maximum Gasteiger partial charge on any atom is 0.105 e. The van der Waals surface area contributed by atoms with E-state index < -0.39 is 17.9 Å². The van der Waals surface area contributed by atoms with Gasteiger partial charge in [0.05, 0.1) is 12.2 Å². The van der Waals surface area contributed by atoms with E-state index in [0.717, 1.165) is 36.3 Å². The Morgan fingerprint density at radius 3 is 2.69 bits per heavy atom. The Balaban J connectivity index is 1.65. The van der Waals surface area contributed by atoms with E-state index in [-0.39, 0.29) is 0 Å². The maximum atomic E-state index is 13.7. The van der Waals surface area contributed by atoms with E-state index in [2.05, 4.69) is 25.7 Å². The van der Waals surface area contributed by atoms with Crippen LogP contribution in [0.5, 0.6) is 0 Å². The van der Waals surface area contributed by atoms with Gasteiger partial charge in [-0.25, -0.2) is 4.39 Å². The fourth-order valence-electron chi connectivity index (χ4n) is 6.22. The van der Waals surface area contributed by atoms with Crippen molar-refractivity contribution in [3.05, 3.63) is 35.5 Å². The highest BCUT2D eigenvalue weighted by atomic mass is 19.1. The van der Waals surface area contributed by atoms with Crippen molar-refractivity contribution in [2.24, 2.45) is 17.3 Å². The van der Waals surface area contributed by atoms with Crippen LogP contribution < -0.4 is 0 Å². The monoisotopic (exact) mass is 404 g/mol. The summed E-state index contributed by atoms with van der Waals surface area (Å²) in [5.74, 6) is 1.39. The predicted octanol–water partition coefficient (Wildman–Crippen LogP) is 6.44. The topological polar surface area (TPSA) is 40.5 Å². The molecule has 0 saturated heterocycles. The van der Waals surface area contributed by atoms with Crippen LogP contribution in [0.3, 0.4) is 0 Å². The lowest BCUT2D eigenvalue weighted by Gasteiger charge is -2.42. The van der Waals surface area contributed by atoms with Gasteiger partial charge in [0.2, 0.25) is 0 Å². The third kappa shape index (κ3) is 5.41. The number of halogens is 1. The van der Waals surface area contributed by atoms with E-state index in [0.29, 0.717) is 30.6 Å². The first-order valence-electron chi connectivity index (χ1n) is 11.7. The summed E-state index contributed by atoms with van der Waals surface area (Å²) in [6.07, 6.45) is 14.6. The highest BCUT2D eigenvalue weighted by Crippen LogP contribution is 2.58. The molecule has 3 aliphatic rings. The highest BCUT2D eigenvalue weighted by Gasteiger charge is 2.48. The zero-order valence-corrected chi connectivity index (χ0v) is 18.7. The molecule has 3 rings (SSSR count). The standard InChI is InChI=1S/C26H41FO2/c1-18-20(16-22(28)17-24(18)29)11-10-19-8-7-15-26(4)21(12-13-23(19)26)9-5-6-14-25(2,3)27/h10-11,21-24,28-29H,1,5-9,12-17H2,2-4H3/b19-10+,20-11-/t21?,22-,23-,24-,26+/m0/s1. The number of fused-ring (bicyclic) bond motifs is 1. The molecule has 2 N–H and O–H groups in total. The van der Waals surface area contributed by atoms with Gasteiger partial charge < -0.3 is 10.2 Å². The van der Waals surface area contributed by atoms with E-state index in [1.54, 1.807) is 19.4 Å². The van der Waals surface area contributed by atoms with Crippen molar-refractivity contribution in [1.29, 1.82) is 0 Å². The van der Waals surface area contributed by atoms with Crippen LogP contribution in [0.4, 0.5) is 4.39 Å². The number of allylic oxidation sites excluding steroid dienone is 3. The molecule has 0 aromatic carbocycles. The number of aliphatic hydroxyl groups is 2. The largest absolute Gasteiger partial charge is 0.393 e. The molecule has 0 heterocycles. The van der Waals surface area contributed by atoms with Crippen molar-refractivity contribution in [3.63, 3.8) is 0 Å². The van der Waals surface area contributed by atoms with Gasteiger partial charge in [0.25, 0.3) is 0 Å². The van der Waals surface area contributed by atoms with Gasteiger partial charge in [-0.15, -0.1) is 0 Å². The Hall–Kier alpha value is -0.930. The first kappa shape index (κ1) is 22.7. The molecule has 5 atom stereocenters. The van der Waals surface area contributed by atoms with Crippen molar-refractivity contribution >= 4 is 0 Å². The minimum absolute atomic E-state index is 0.371. The third-order valence-electron chi connectivity index (χ3n) is 8.00. The van der Waals surface area contributed by atoms with E-state index in [4.69, 9.17) is 0 Å². The Morgan fingerprint density at radius 2 is 1.97 bits per heavy atom. The predicted molar refractivity (Wildman–Crippen MR) is 118 cm³/mol. The van der Waals surface area contributed by atoms with Crippen LogP contribution in [0.25, 0.3) is 0 Å². The lowest BCUT2D eigenvalue weighted by Crippen LogP contribution is -2.33. The van der Waals surface area contributed by atoms with Crippen LogP contribution in [-0.4, -0.2) is 28.1 Å². The molecule has 3 fully saturated rings. The zero-order chi connectivity index (χ0) is 21.2. The quantitative estimate of drug-likeness (QED) is 0.500. The molecule has 2 nitrogen and oxygen atoms in total. The molecule has 0 aromatic rings. The molecule has 0 spiro atoms. The van der Waals surface area contributed by atoms with E-state index in [1.165, 1.54) is 32.1 Å². The molecule has 29 heavy (non-hydrogen) atoms. The zero-order valence-electron chi connectivity index (χ0n) is 18.7. The van der Waals surface area contributed by atoms with Crippen LogP contribution in [0.2, 0.25) is 0 Å². The maximum absolute atomic E-state index is 13.7. The van der Waals surface area contributed by atoms with Crippen molar-refractivity contribution in [2.45, 2.75) is 109 Å². The lowest BCUT2D eigenvalue weighted by atomic mass is 9.62. The molecule has 0 aromatic heterocycles. The molecule has 3 heteroatoms. The molecule has 0 aliphatic heterocycles. The smallest absolute Gasteiger partial charge is 0.105 e. The Morgan fingerprint density at radius 1 is 1.21 bits per heavy atom. The van der Waals surface area contributed by atoms with Crippen LogP contribution in [0, 0.1) is 17.3 Å². The molecule has 3 aliphatic carbocycles. The summed E-state index contributed by atoms with van der Waals surface area (Å²) >= 11 is 0. The van der Waals surface area contributed by atoms with Gasteiger partial charge in [-0.3, -0.25) is 0 Å².